The Bertz CT molecular complexity index is 1080. The van der Waals surface area contributed by atoms with Crippen LogP contribution in [0.2, 0.25) is 0 Å². The molecule has 1 heterocycles. The van der Waals surface area contributed by atoms with Gasteiger partial charge in [-0.25, -0.2) is 0 Å². The summed E-state index contributed by atoms with van der Waals surface area (Å²) in [7, 11) is 1.61. The number of methoxy groups -OCH3 is 1. The summed E-state index contributed by atoms with van der Waals surface area (Å²) in [5.41, 5.74) is 2.13. The van der Waals surface area contributed by atoms with Crippen molar-refractivity contribution in [2.24, 2.45) is 0 Å². The van der Waals surface area contributed by atoms with Gasteiger partial charge in [-0.1, -0.05) is 42.5 Å². The predicted octanol–water partition coefficient (Wildman–Crippen LogP) is 3.98. The zero-order chi connectivity index (χ0) is 21.8. The maximum absolute atomic E-state index is 13.2. The van der Waals surface area contributed by atoms with Gasteiger partial charge in [0.25, 0.3) is 11.8 Å². The number of anilines is 1. The number of hydrogen-bond acceptors (Lipinski definition) is 4. The fraction of sp³-hybridized carbons (Fsp3) is 0.200. The van der Waals surface area contributed by atoms with E-state index in [4.69, 9.17) is 9.47 Å². The highest BCUT2D eigenvalue weighted by Crippen LogP contribution is 2.34. The van der Waals surface area contributed by atoms with Crippen LogP contribution in [0.15, 0.2) is 78.9 Å². The molecule has 1 N–H and O–H groups in total. The molecule has 0 saturated carbocycles. The number of hydrogen-bond donors (Lipinski definition) is 1. The highest BCUT2D eigenvalue weighted by atomic mass is 16.5. The minimum Gasteiger partial charge on any atom is -0.497 e. The number of nitrogens with zero attached hydrogens (tertiary/aromatic N) is 1. The van der Waals surface area contributed by atoms with Gasteiger partial charge in [-0.2, -0.15) is 0 Å². The fourth-order valence-corrected chi connectivity index (χ4v) is 3.60. The Kier molecular flexibility index (Phi) is 5.89. The third kappa shape index (κ3) is 4.38. The van der Waals surface area contributed by atoms with Crippen LogP contribution in [0, 0.1) is 0 Å². The minimum absolute atomic E-state index is 0.126. The van der Waals surface area contributed by atoms with Gasteiger partial charge in [0.2, 0.25) is 0 Å². The lowest BCUT2D eigenvalue weighted by Gasteiger charge is -2.34. The molecule has 6 heteroatoms. The van der Waals surface area contributed by atoms with E-state index < -0.39 is 6.10 Å². The first-order valence-corrected chi connectivity index (χ1v) is 10.1. The largest absolute Gasteiger partial charge is 0.497 e. The highest BCUT2D eigenvalue weighted by Gasteiger charge is 2.34. The Morgan fingerprint density at radius 2 is 1.77 bits per heavy atom. The Hall–Kier alpha value is -3.80. The predicted molar refractivity (Wildman–Crippen MR) is 119 cm³/mol. The number of fused-ring (bicyclic) bond motifs is 1. The smallest absolute Gasteiger partial charge is 0.263 e. The van der Waals surface area contributed by atoms with E-state index in [1.54, 1.807) is 30.2 Å². The quantitative estimate of drug-likeness (QED) is 0.683. The Labute approximate surface area is 181 Å². The molecule has 6 nitrogen and oxygen atoms in total. The van der Waals surface area contributed by atoms with Gasteiger partial charge in [-0.15, -0.1) is 0 Å². The maximum Gasteiger partial charge on any atom is 0.263 e. The molecule has 2 atom stereocenters. The minimum atomic E-state index is -0.823. The average molecular weight is 416 g/mol. The first-order valence-electron chi connectivity index (χ1n) is 10.1. The standard InChI is InChI=1S/C25H24N2O4/c1-17(19-11-8-12-20(15-19)30-2)26-24(28)23-16-27(21-13-6-7-14-22(21)31-23)25(29)18-9-4-3-5-10-18/h3-15,17,23H,16H2,1-2H3,(H,26,28)/t17-,23?/m1/s1. The van der Waals surface area contributed by atoms with Gasteiger partial charge in [-0.3, -0.25) is 9.59 Å². The third-order valence-corrected chi connectivity index (χ3v) is 5.28. The van der Waals surface area contributed by atoms with Crippen molar-refractivity contribution in [1.82, 2.24) is 5.32 Å². The lowest BCUT2D eigenvalue weighted by molar-refractivity contribution is -0.128. The highest BCUT2D eigenvalue weighted by molar-refractivity contribution is 6.07. The molecule has 1 aliphatic rings. The van der Waals surface area contributed by atoms with Gasteiger partial charge in [0.1, 0.15) is 11.5 Å². The van der Waals surface area contributed by atoms with E-state index in [1.807, 2.05) is 67.6 Å². The van der Waals surface area contributed by atoms with Crippen LogP contribution in [0.5, 0.6) is 11.5 Å². The summed E-state index contributed by atoms with van der Waals surface area (Å²) >= 11 is 0. The molecular formula is C25H24N2O4. The number of ether oxygens (including phenoxy) is 2. The van der Waals surface area contributed by atoms with Crippen LogP contribution in [0.25, 0.3) is 0 Å². The molecule has 0 bridgehead atoms. The van der Waals surface area contributed by atoms with E-state index in [1.165, 1.54) is 0 Å². The van der Waals surface area contributed by atoms with Gasteiger partial charge in [0.05, 0.1) is 25.4 Å². The summed E-state index contributed by atoms with van der Waals surface area (Å²) in [5.74, 6) is 0.777. The molecule has 0 radical (unpaired) electrons. The van der Waals surface area contributed by atoms with Gasteiger partial charge < -0.3 is 19.7 Å². The molecule has 3 aromatic carbocycles. The molecule has 1 unspecified atom stereocenters. The van der Waals surface area contributed by atoms with E-state index in [0.717, 1.165) is 11.3 Å². The number of amides is 2. The summed E-state index contributed by atoms with van der Waals surface area (Å²) in [6, 6.07) is 23.6. The zero-order valence-corrected chi connectivity index (χ0v) is 17.4. The molecule has 158 valence electrons. The number of benzene rings is 3. The monoisotopic (exact) mass is 416 g/mol. The molecular weight excluding hydrogens is 392 g/mol. The van der Waals surface area contributed by atoms with Gasteiger partial charge in [-0.05, 0) is 48.9 Å². The normalized spacial score (nSPS) is 15.9. The second kappa shape index (κ2) is 8.92. The summed E-state index contributed by atoms with van der Waals surface area (Å²) in [5, 5.41) is 2.99. The van der Waals surface area contributed by atoms with Crippen molar-refractivity contribution in [3.05, 3.63) is 90.0 Å². The van der Waals surface area contributed by atoms with Crippen molar-refractivity contribution in [2.45, 2.75) is 19.1 Å². The second-order valence-corrected chi connectivity index (χ2v) is 7.36. The molecule has 1 aliphatic heterocycles. The molecule has 0 aromatic heterocycles. The van der Waals surface area contributed by atoms with Crippen LogP contribution >= 0.6 is 0 Å². The molecule has 0 saturated heterocycles. The van der Waals surface area contributed by atoms with Crippen LogP contribution in [0.3, 0.4) is 0 Å². The fourth-order valence-electron chi connectivity index (χ4n) is 3.60. The molecule has 4 rings (SSSR count). The molecule has 2 amide bonds. The molecule has 3 aromatic rings. The van der Waals surface area contributed by atoms with Crippen LogP contribution in [0.4, 0.5) is 5.69 Å². The van der Waals surface area contributed by atoms with Crippen LogP contribution in [-0.2, 0) is 4.79 Å². The SMILES string of the molecule is COc1cccc([C@@H](C)NC(=O)C2CN(C(=O)c3ccccc3)c3ccccc3O2)c1. The summed E-state index contributed by atoms with van der Waals surface area (Å²) in [6.45, 7) is 2.03. The van der Waals surface area contributed by atoms with Gasteiger partial charge >= 0.3 is 0 Å². The van der Waals surface area contributed by atoms with Crippen LogP contribution in [-0.4, -0.2) is 31.6 Å². The topological polar surface area (TPSA) is 67.9 Å². The molecule has 31 heavy (non-hydrogen) atoms. The number of nitrogens with one attached hydrogen (secondary N) is 1. The summed E-state index contributed by atoms with van der Waals surface area (Å²) in [4.78, 5) is 27.8. The number of carbonyl (C=O) groups excluding carboxylic acids is 2. The van der Waals surface area contributed by atoms with Crippen molar-refractivity contribution >= 4 is 17.5 Å². The average Bonchev–Trinajstić information content (AvgIpc) is 2.83. The molecule has 0 spiro atoms. The molecule has 0 aliphatic carbocycles. The summed E-state index contributed by atoms with van der Waals surface area (Å²) < 4.78 is 11.2. The number of carbonyl (C=O) groups is 2. The van der Waals surface area contributed by atoms with Crippen LogP contribution in [0.1, 0.15) is 28.9 Å². The molecule has 0 fully saturated rings. The van der Waals surface area contributed by atoms with Crippen molar-refractivity contribution in [2.75, 3.05) is 18.6 Å². The third-order valence-electron chi connectivity index (χ3n) is 5.28. The second-order valence-electron chi connectivity index (χ2n) is 7.36. The summed E-state index contributed by atoms with van der Waals surface area (Å²) in [6.07, 6.45) is -0.823. The van der Waals surface area contributed by atoms with E-state index >= 15 is 0 Å². The van der Waals surface area contributed by atoms with E-state index in [-0.39, 0.29) is 24.4 Å². The lowest BCUT2D eigenvalue weighted by Crippen LogP contribution is -2.51. The van der Waals surface area contributed by atoms with Crippen molar-refractivity contribution in [3.63, 3.8) is 0 Å². The van der Waals surface area contributed by atoms with Crippen molar-refractivity contribution in [3.8, 4) is 11.5 Å². The first-order chi connectivity index (χ1) is 15.1. The Balaban J connectivity index is 1.55. The number of para-hydroxylation sites is 2. The van der Waals surface area contributed by atoms with E-state index in [0.29, 0.717) is 17.0 Å². The number of rotatable bonds is 5. The van der Waals surface area contributed by atoms with Crippen molar-refractivity contribution < 1.29 is 19.1 Å². The van der Waals surface area contributed by atoms with Crippen molar-refractivity contribution in [1.29, 1.82) is 0 Å². The van der Waals surface area contributed by atoms with E-state index in [2.05, 4.69) is 5.32 Å². The zero-order valence-electron chi connectivity index (χ0n) is 17.4. The van der Waals surface area contributed by atoms with Gasteiger partial charge in [0.15, 0.2) is 6.10 Å². The Morgan fingerprint density at radius 1 is 1.03 bits per heavy atom. The lowest BCUT2D eigenvalue weighted by atomic mass is 10.1. The van der Waals surface area contributed by atoms with Gasteiger partial charge in [0, 0.05) is 5.56 Å². The maximum atomic E-state index is 13.2. The van der Waals surface area contributed by atoms with E-state index in [9.17, 15) is 9.59 Å². The van der Waals surface area contributed by atoms with Crippen LogP contribution < -0.4 is 19.7 Å². The first kappa shape index (κ1) is 20.5. The Morgan fingerprint density at radius 3 is 2.55 bits per heavy atom.